The molecule has 5 nitrogen and oxygen atoms in total. The first kappa shape index (κ1) is 7.85. The lowest BCUT2D eigenvalue weighted by molar-refractivity contribution is -0.137. The van der Waals surface area contributed by atoms with E-state index in [0.29, 0.717) is 5.82 Å². The molecule has 0 amide bonds. The summed E-state index contributed by atoms with van der Waals surface area (Å²) in [6.07, 6.45) is 1.59. The third kappa shape index (κ3) is 1.40. The van der Waals surface area contributed by atoms with Crippen LogP contribution in [-0.2, 0) is 4.79 Å². The third-order valence-electron chi connectivity index (χ3n) is 1.84. The van der Waals surface area contributed by atoms with Crippen LogP contribution in [0.25, 0.3) is 0 Å². The summed E-state index contributed by atoms with van der Waals surface area (Å²) in [6.45, 7) is 0. The molecule has 0 aliphatic carbocycles. The average Bonchev–Trinajstić information content (AvgIpc) is 2.48. The van der Waals surface area contributed by atoms with Crippen molar-refractivity contribution in [3.8, 4) is 0 Å². The first-order chi connectivity index (χ1) is 6.27. The molecule has 0 bridgehead atoms. The Bertz CT molecular complexity index is 375. The van der Waals surface area contributed by atoms with E-state index in [9.17, 15) is 4.79 Å². The van der Waals surface area contributed by atoms with Gasteiger partial charge in [-0.05, 0) is 6.07 Å². The highest BCUT2D eigenvalue weighted by atomic mass is 16.4. The zero-order valence-electron chi connectivity index (χ0n) is 6.71. The van der Waals surface area contributed by atoms with Crippen LogP contribution in [0.4, 0.5) is 5.82 Å². The summed E-state index contributed by atoms with van der Waals surface area (Å²) in [7, 11) is 0. The van der Waals surface area contributed by atoms with Gasteiger partial charge < -0.3 is 5.11 Å². The van der Waals surface area contributed by atoms with Crippen molar-refractivity contribution < 1.29 is 9.90 Å². The van der Waals surface area contributed by atoms with Crippen LogP contribution in [0.5, 0.6) is 0 Å². The van der Waals surface area contributed by atoms with Gasteiger partial charge in [0, 0.05) is 11.8 Å². The maximum atomic E-state index is 10.4. The average molecular weight is 177 g/mol. The summed E-state index contributed by atoms with van der Waals surface area (Å²) >= 11 is 0. The van der Waals surface area contributed by atoms with Crippen molar-refractivity contribution in [3.63, 3.8) is 0 Å². The number of hydrogen-bond donors (Lipinski definition) is 1. The van der Waals surface area contributed by atoms with Crippen molar-refractivity contribution in [2.45, 2.75) is 12.5 Å². The van der Waals surface area contributed by atoms with Crippen LogP contribution in [0.15, 0.2) is 28.6 Å². The Morgan fingerprint density at radius 1 is 1.62 bits per heavy atom. The molecule has 1 aromatic rings. The SMILES string of the molecule is O=C(O)C[C@H]1N=Nc2ncccc21. The van der Waals surface area contributed by atoms with Crippen LogP contribution in [0, 0.1) is 0 Å². The van der Waals surface area contributed by atoms with E-state index in [2.05, 4.69) is 15.2 Å². The molecule has 1 aliphatic heterocycles. The maximum Gasteiger partial charge on any atom is 0.305 e. The van der Waals surface area contributed by atoms with E-state index < -0.39 is 5.97 Å². The Labute approximate surface area is 74.1 Å². The number of rotatable bonds is 2. The monoisotopic (exact) mass is 177 g/mol. The molecular formula is C8H7N3O2. The molecule has 2 rings (SSSR count). The van der Waals surface area contributed by atoms with Gasteiger partial charge in [-0.2, -0.15) is 5.11 Å². The molecule has 0 aromatic carbocycles. The van der Waals surface area contributed by atoms with Gasteiger partial charge in [-0.3, -0.25) is 4.79 Å². The second-order valence-corrected chi connectivity index (χ2v) is 2.75. The lowest BCUT2D eigenvalue weighted by atomic mass is 10.1. The largest absolute Gasteiger partial charge is 0.481 e. The molecular weight excluding hydrogens is 170 g/mol. The fraction of sp³-hybridized carbons (Fsp3) is 0.250. The molecule has 0 saturated carbocycles. The number of fused-ring (bicyclic) bond motifs is 1. The second-order valence-electron chi connectivity index (χ2n) is 2.75. The molecule has 0 fully saturated rings. The van der Waals surface area contributed by atoms with Crippen LogP contribution < -0.4 is 0 Å². The molecule has 1 aromatic heterocycles. The highest BCUT2D eigenvalue weighted by molar-refractivity contribution is 5.68. The molecule has 1 aliphatic rings. The van der Waals surface area contributed by atoms with Gasteiger partial charge in [0.15, 0.2) is 5.82 Å². The Hall–Kier alpha value is -1.78. The van der Waals surface area contributed by atoms with Crippen LogP contribution >= 0.6 is 0 Å². The van der Waals surface area contributed by atoms with E-state index in [0.717, 1.165) is 5.56 Å². The first-order valence-electron chi connectivity index (χ1n) is 3.85. The van der Waals surface area contributed by atoms with Crippen molar-refractivity contribution in [3.05, 3.63) is 23.9 Å². The van der Waals surface area contributed by atoms with Crippen molar-refractivity contribution in [2.75, 3.05) is 0 Å². The van der Waals surface area contributed by atoms with Crippen molar-refractivity contribution >= 4 is 11.8 Å². The lowest BCUT2D eigenvalue weighted by Crippen LogP contribution is -2.01. The van der Waals surface area contributed by atoms with E-state index in [1.54, 1.807) is 18.3 Å². The number of carboxylic acids is 1. The van der Waals surface area contributed by atoms with Crippen LogP contribution in [-0.4, -0.2) is 16.1 Å². The number of carbonyl (C=O) groups is 1. The summed E-state index contributed by atoms with van der Waals surface area (Å²) < 4.78 is 0. The molecule has 0 radical (unpaired) electrons. The fourth-order valence-electron chi connectivity index (χ4n) is 1.26. The zero-order valence-corrected chi connectivity index (χ0v) is 6.71. The summed E-state index contributed by atoms with van der Waals surface area (Å²) in [5, 5.41) is 16.2. The number of aliphatic carboxylic acids is 1. The van der Waals surface area contributed by atoms with E-state index in [1.807, 2.05) is 0 Å². The maximum absolute atomic E-state index is 10.4. The normalized spacial score (nSPS) is 18.6. The zero-order chi connectivity index (χ0) is 9.26. The standard InChI is InChI=1S/C8H7N3O2/c12-7(13)4-6-5-2-1-3-9-8(5)11-10-6/h1-3,6H,4H2,(H,12,13)/t6-/m1/s1. The topological polar surface area (TPSA) is 74.9 Å². The predicted molar refractivity (Wildman–Crippen MR) is 43.7 cm³/mol. The summed E-state index contributed by atoms with van der Waals surface area (Å²) in [5.41, 5.74) is 0.796. The Morgan fingerprint density at radius 2 is 2.46 bits per heavy atom. The molecule has 0 saturated heterocycles. The lowest BCUT2D eigenvalue weighted by Gasteiger charge is -2.02. The molecule has 13 heavy (non-hydrogen) atoms. The minimum absolute atomic E-state index is 0.0256. The van der Waals surface area contributed by atoms with Gasteiger partial charge in [-0.1, -0.05) is 6.07 Å². The molecule has 0 spiro atoms. The van der Waals surface area contributed by atoms with Gasteiger partial charge in [-0.15, -0.1) is 5.11 Å². The Kier molecular flexibility index (Phi) is 1.77. The number of aromatic nitrogens is 1. The minimum Gasteiger partial charge on any atom is -0.481 e. The Balaban J connectivity index is 2.28. The van der Waals surface area contributed by atoms with E-state index in [1.165, 1.54) is 0 Å². The molecule has 2 heterocycles. The highest BCUT2D eigenvalue weighted by Crippen LogP contribution is 2.35. The van der Waals surface area contributed by atoms with Crippen LogP contribution in [0.1, 0.15) is 18.0 Å². The fourth-order valence-corrected chi connectivity index (χ4v) is 1.26. The highest BCUT2D eigenvalue weighted by Gasteiger charge is 2.23. The van der Waals surface area contributed by atoms with E-state index in [4.69, 9.17) is 5.11 Å². The minimum atomic E-state index is -0.874. The predicted octanol–water partition coefficient (Wildman–Crippen LogP) is 1.69. The summed E-state index contributed by atoms with van der Waals surface area (Å²) in [6, 6.07) is 3.20. The van der Waals surface area contributed by atoms with Crippen LogP contribution in [0.2, 0.25) is 0 Å². The van der Waals surface area contributed by atoms with E-state index in [-0.39, 0.29) is 12.5 Å². The molecule has 0 unspecified atom stereocenters. The summed E-state index contributed by atoms with van der Waals surface area (Å²) in [5.74, 6) is -0.339. The van der Waals surface area contributed by atoms with Crippen molar-refractivity contribution in [1.82, 2.24) is 4.98 Å². The number of nitrogens with zero attached hydrogens (tertiary/aromatic N) is 3. The van der Waals surface area contributed by atoms with Gasteiger partial charge in [0.2, 0.25) is 0 Å². The van der Waals surface area contributed by atoms with Crippen molar-refractivity contribution in [2.24, 2.45) is 10.2 Å². The number of pyridine rings is 1. The van der Waals surface area contributed by atoms with Crippen LogP contribution in [0.3, 0.4) is 0 Å². The summed E-state index contributed by atoms with van der Waals surface area (Å²) in [4.78, 5) is 14.4. The van der Waals surface area contributed by atoms with Crippen molar-refractivity contribution in [1.29, 1.82) is 0 Å². The van der Waals surface area contributed by atoms with Gasteiger partial charge >= 0.3 is 5.97 Å². The number of carboxylic acid groups (broad SMARTS) is 1. The molecule has 1 N–H and O–H groups in total. The number of hydrogen-bond acceptors (Lipinski definition) is 4. The van der Waals surface area contributed by atoms with Gasteiger partial charge in [-0.25, -0.2) is 4.98 Å². The van der Waals surface area contributed by atoms with Gasteiger partial charge in [0.1, 0.15) is 6.04 Å². The van der Waals surface area contributed by atoms with E-state index >= 15 is 0 Å². The first-order valence-corrected chi connectivity index (χ1v) is 3.85. The molecule has 1 atom stereocenters. The molecule has 66 valence electrons. The quantitative estimate of drug-likeness (QED) is 0.746. The molecule has 5 heteroatoms. The number of azo groups is 1. The Morgan fingerprint density at radius 3 is 3.23 bits per heavy atom. The van der Waals surface area contributed by atoms with Gasteiger partial charge in [0.25, 0.3) is 0 Å². The second kappa shape index (κ2) is 2.93. The third-order valence-corrected chi connectivity index (χ3v) is 1.84. The van der Waals surface area contributed by atoms with Gasteiger partial charge in [0.05, 0.1) is 6.42 Å². The smallest absolute Gasteiger partial charge is 0.305 e.